The molecule has 0 bridgehead atoms. The molecule has 1 atom stereocenters. The molecular formula is C13H14F3NO2. The average Bonchev–Trinajstić information content (AvgIpc) is 3.17. The first-order valence-electron chi connectivity index (χ1n) is 5.82. The van der Waals surface area contributed by atoms with E-state index in [1.807, 2.05) is 0 Å². The van der Waals surface area contributed by atoms with Crippen LogP contribution in [0.15, 0.2) is 24.3 Å². The maximum absolute atomic E-state index is 12.7. The van der Waals surface area contributed by atoms with E-state index in [1.165, 1.54) is 13.2 Å². The molecule has 0 amide bonds. The van der Waals surface area contributed by atoms with Crippen molar-refractivity contribution in [3.05, 3.63) is 35.4 Å². The molecule has 1 unspecified atom stereocenters. The molecule has 2 N–H and O–H groups in total. The molecule has 1 aliphatic rings. The van der Waals surface area contributed by atoms with Crippen LogP contribution in [0.25, 0.3) is 0 Å². The summed E-state index contributed by atoms with van der Waals surface area (Å²) in [5.41, 5.74) is 4.81. The van der Waals surface area contributed by atoms with Crippen LogP contribution in [-0.2, 0) is 21.1 Å². The van der Waals surface area contributed by atoms with Crippen LogP contribution in [0.1, 0.15) is 24.0 Å². The number of hydrogen-bond donors (Lipinski definition) is 1. The highest BCUT2D eigenvalue weighted by atomic mass is 19.4. The van der Waals surface area contributed by atoms with Crippen molar-refractivity contribution >= 4 is 5.97 Å². The molecule has 1 aromatic carbocycles. The fourth-order valence-electron chi connectivity index (χ4n) is 2.27. The van der Waals surface area contributed by atoms with E-state index in [-0.39, 0.29) is 0 Å². The summed E-state index contributed by atoms with van der Waals surface area (Å²) in [6, 6.07) is 4.05. The summed E-state index contributed by atoms with van der Waals surface area (Å²) in [7, 11) is 1.21. The standard InChI is InChI=1S/C13H14F3NO2/c1-19-11(18)10(17)12(5-6-12)8-3-2-4-9(7-8)13(14,15)16/h2-4,7,10H,5-6,17H2,1H3. The number of esters is 1. The minimum absolute atomic E-state index is 0.445. The largest absolute Gasteiger partial charge is 0.468 e. The molecule has 1 aliphatic carbocycles. The summed E-state index contributed by atoms with van der Waals surface area (Å²) in [6.45, 7) is 0. The van der Waals surface area contributed by atoms with Crippen LogP contribution in [0.3, 0.4) is 0 Å². The van der Waals surface area contributed by atoms with Gasteiger partial charge in [0, 0.05) is 5.41 Å². The van der Waals surface area contributed by atoms with Gasteiger partial charge >= 0.3 is 12.1 Å². The first kappa shape index (κ1) is 13.9. The second-order valence-corrected chi connectivity index (χ2v) is 4.74. The number of rotatable bonds is 3. The second-order valence-electron chi connectivity index (χ2n) is 4.74. The number of benzene rings is 1. The van der Waals surface area contributed by atoms with E-state index in [9.17, 15) is 18.0 Å². The number of carbonyl (C=O) groups excluding carboxylic acids is 1. The molecule has 1 saturated carbocycles. The van der Waals surface area contributed by atoms with Crippen molar-refractivity contribution in [1.29, 1.82) is 0 Å². The highest BCUT2D eigenvalue weighted by Crippen LogP contribution is 2.51. The van der Waals surface area contributed by atoms with Gasteiger partial charge in [0.25, 0.3) is 0 Å². The molecule has 0 saturated heterocycles. The lowest BCUT2D eigenvalue weighted by molar-refractivity contribution is -0.143. The molecule has 0 aliphatic heterocycles. The monoisotopic (exact) mass is 273 g/mol. The van der Waals surface area contributed by atoms with E-state index >= 15 is 0 Å². The van der Waals surface area contributed by atoms with Crippen molar-refractivity contribution in [2.24, 2.45) is 5.73 Å². The van der Waals surface area contributed by atoms with E-state index < -0.39 is 29.2 Å². The lowest BCUT2D eigenvalue weighted by Crippen LogP contribution is -2.42. The van der Waals surface area contributed by atoms with Crippen LogP contribution in [-0.4, -0.2) is 19.1 Å². The van der Waals surface area contributed by atoms with E-state index in [0.717, 1.165) is 12.1 Å². The molecule has 3 nitrogen and oxygen atoms in total. The summed E-state index contributed by atoms with van der Waals surface area (Å²) in [5, 5.41) is 0. The Kier molecular flexibility index (Phi) is 3.30. The Labute approximate surface area is 108 Å². The quantitative estimate of drug-likeness (QED) is 0.859. The predicted octanol–water partition coefficient (Wildman–Crippen LogP) is 2.24. The Morgan fingerprint density at radius 1 is 1.42 bits per heavy atom. The van der Waals surface area contributed by atoms with Gasteiger partial charge in [-0.15, -0.1) is 0 Å². The third kappa shape index (κ3) is 2.45. The molecule has 0 aromatic heterocycles. The number of alkyl halides is 3. The smallest absolute Gasteiger partial charge is 0.416 e. The van der Waals surface area contributed by atoms with E-state index in [1.54, 1.807) is 6.07 Å². The Hall–Kier alpha value is -1.56. The normalized spacial score (nSPS) is 18.8. The fourth-order valence-corrected chi connectivity index (χ4v) is 2.27. The van der Waals surface area contributed by atoms with Gasteiger partial charge in [0.15, 0.2) is 0 Å². The van der Waals surface area contributed by atoms with E-state index in [4.69, 9.17) is 5.73 Å². The minimum Gasteiger partial charge on any atom is -0.468 e. The third-order valence-corrected chi connectivity index (χ3v) is 3.60. The summed E-state index contributed by atoms with van der Waals surface area (Å²) >= 11 is 0. The molecule has 104 valence electrons. The van der Waals surface area contributed by atoms with Crippen LogP contribution >= 0.6 is 0 Å². The van der Waals surface area contributed by atoms with Crippen molar-refractivity contribution in [2.45, 2.75) is 30.5 Å². The molecule has 19 heavy (non-hydrogen) atoms. The number of methoxy groups -OCH3 is 1. The zero-order valence-electron chi connectivity index (χ0n) is 10.3. The highest BCUT2D eigenvalue weighted by molar-refractivity contribution is 5.78. The molecule has 1 aromatic rings. The molecule has 6 heteroatoms. The van der Waals surface area contributed by atoms with Gasteiger partial charge in [-0.3, -0.25) is 4.79 Å². The Bertz CT molecular complexity index is 495. The fraction of sp³-hybridized carbons (Fsp3) is 0.462. The van der Waals surface area contributed by atoms with Gasteiger partial charge in [-0.2, -0.15) is 13.2 Å². The van der Waals surface area contributed by atoms with Crippen molar-refractivity contribution < 1.29 is 22.7 Å². The molecule has 2 rings (SSSR count). The average molecular weight is 273 g/mol. The number of halogens is 3. The van der Waals surface area contributed by atoms with Crippen molar-refractivity contribution in [1.82, 2.24) is 0 Å². The van der Waals surface area contributed by atoms with Gasteiger partial charge in [-0.05, 0) is 24.5 Å². The zero-order chi connectivity index (χ0) is 14.3. The molecular weight excluding hydrogens is 259 g/mol. The molecule has 0 radical (unpaired) electrons. The number of ether oxygens (including phenoxy) is 1. The molecule has 0 spiro atoms. The zero-order valence-corrected chi connectivity index (χ0v) is 10.3. The summed E-state index contributed by atoms with van der Waals surface area (Å²) in [5.74, 6) is -0.602. The van der Waals surface area contributed by atoms with Gasteiger partial charge in [0.1, 0.15) is 6.04 Å². The molecule has 1 fully saturated rings. The highest BCUT2D eigenvalue weighted by Gasteiger charge is 2.53. The second kappa shape index (κ2) is 4.52. The Morgan fingerprint density at radius 3 is 2.53 bits per heavy atom. The van der Waals surface area contributed by atoms with Crippen LogP contribution in [0, 0.1) is 0 Å². The summed E-state index contributed by atoms with van der Waals surface area (Å²) in [6.07, 6.45) is -3.23. The SMILES string of the molecule is COC(=O)C(N)C1(c2cccc(C(F)(F)F)c2)CC1. The van der Waals surface area contributed by atoms with Crippen LogP contribution in [0.4, 0.5) is 13.2 Å². The Morgan fingerprint density at radius 2 is 2.05 bits per heavy atom. The van der Waals surface area contributed by atoms with E-state index in [0.29, 0.717) is 18.4 Å². The third-order valence-electron chi connectivity index (χ3n) is 3.60. The van der Waals surface area contributed by atoms with E-state index in [2.05, 4.69) is 4.74 Å². The minimum atomic E-state index is -4.40. The molecule has 0 heterocycles. The van der Waals surface area contributed by atoms with Crippen LogP contribution in [0.5, 0.6) is 0 Å². The number of hydrogen-bond acceptors (Lipinski definition) is 3. The number of carbonyl (C=O) groups is 1. The van der Waals surface area contributed by atoms with Gasteiger partial charge in [0.2, 0.25) is 0 Å². The Balaban J connectivity index is 2.35. The van der Waals surface area contributed by atoms with Gasteiger partial charge in [-0.25, -0.2) is 0 Å². The van der Waals surface area contributed by atoms with Gasteiger partial charge < -0.3 is 10.5 Å². The lowest BCUT2D eigenvalue weighted by atomic mass is 9.87. The first-order valence-corrected chi connectivity index (χ1v) is 5.82. The van der Waals surface area contributed by atoms with Gasteiger partial charge in [-0.1, -0.05) is 18.2 Å². The summed E-state index contributed by atoms with van der Waals surface area (Å²) in [4.78, 5) is 11.5. The van der Waals surface area contributed by atoms with Crippen molar-refractivity contribution in [2.75, 3.05) is 7.11 Å². The maximum Gasteiger partial charge on any atom is 0.416 e. The first-order chi connectivity index (χ1) is 8.81. The van der Waals surface area contributed by atoms with Crippen molar-refractivity contribution in [3.63, 3.8) is 0 Å². The number of nitrogens with two attached hydrogens (primary N) is 1. The van der Waals surface area contributed by atoms with Crippen LogP contribution < -0.4 is 5.73 Å². The van der Waals surface area contributed by atoms with Crippen LogP contribution in [0.2, 0.25) is 0 Å². The maximum atomic E-state index is 12.7. The topological polar surface area (TPSA) is 52.3 Å². The summed E-state index contributed by atoms with van der Waals surface area (Å²) < 4.78 is 42.6. The van der Waals surface area contributed by atoms with Gasteiger partial charge in [0.05, 0.1) is 12.7 Å². The van der Waals surface area contributed by atoms with Crippen molar-refractivity contribution in [3.8, 4) is 0 Å². The predicted molar refractivity (Wildman–Crippen MR) is 62.3 cm³/mol. The lowest BCUT2D eigenvalue weighted by Gasteiger charge is -2.22.